The predicted molar refractivity (Wildman–Crippen MR) is 115 cm³/mol. The molecule has 0 bridgehead atoms. The van der Waals surface area contributed by atoms with Crippen LogP contribution >= 0.6 is 23.5 Å². The van der Waals surface area contributed by atoms with Gasteiger partial charge in [-0.2, -0.15) is 0 Å². The summed E-state index contributed by atoms with van der Waals surface area (Å²) in [6.07, 6.45) is 2.07. The van der Waals surface area contributed by atoms with Crippen molar-refractivity contribution in [2.75, 3.05) is 18.1 Å². The maximum atomic E-state index is 12.7. The first-order valence-corrected chi connectivity index (χ1v) is 11.6. The van der Waals surface area contributed by atoms with Gasteiger partial charge in [-0.1, -0.05) is 42.1 Å². The molecule has 0 spiro atoms. The number of carboxylic acids is 1. The number of nitrogens with zero attached hydrogens (tertiary/aromatic N) is 3. The number of amides is 2. The van der Waals surface area contributed by atoms with Gasteiger partial charge in [0.25, 0.3) is 5.91 Å². The van der Waals surface area contributed by atoms with Crippen molar-refractivity contribution in [2.24, 2.45) is 12.5 Å². The molecule has 2 amide bonds. The van der Waals surface area contributed by atoms with Crippen molar-refractivity contribution in [1.82, 2.24) is 19.8 Å². The summed E-state index contributed by atoms with van der Waals surface area (Å²) in [5.41, 5.74) is -0.664. The molecule has 4 rings (SSSR count). The van der Waals surface area contributed by atoms with Crippen molar-refractivity contribution in [3.8, 4) is 0 Å². The molecule has 2 aromatic rings. The van der Waals surface area contributed by atoms with E-state index in [9.17, 15) is 24.6 Å². The number of hydrogen-bond acceptors (Lipinski definition) is 7. The van der Waals surface area contributed by atoms with Gasteiger partial charge in [-0.25, -0.2) is 4.98 Å². The highest BCUT2D eigenvalue weighted by molar-refractivity contribution is 8.00. The molecule has 2 saturated heterocycles. The quantitative estimate of drug-likeness (QED) is 0.406. The van der Waals surface area contributed by atoms with E-state index in [1.54, 1.807) is 42.7 Å². The molecule has 1 aromatic carbocycles. The molecule has 11 heteroatoms. The van der Waals surface area contributed by atoms with Crippen LogP contribution in [0, 0.1) is 5.41 Å². The van der Waals surface area contributed by atoms with Gasteiger partial charge < -0.3 is 25.0 Å². The fourth-order valence-electron chi connectivity index (χ4n) is 3.62. The summed E-state index contributed by atoms with van der Waals surface area (Å²) in [5.74, 6) is -1.36. The van der Waals surface area contributed by atoms with E-state index in [2.05, 4.69) is 10.3 Å². The molecular weight excluding hydrogens is 440 g/mol. The van der Waals surface area contributed by atoms with Crippen LogP contribution in [0.3, 0.4) is 0 Å². The van der Waals surface area contributed by atoms with Crippen molar-refractivity contribution in [1.29, 1.82) is 0 Å². The van der Waals surface area contributed by atoms with E-state index >= 15 is 0 Å². The molecule has 31 heavy (non-hydrogen) atoms. The number of hydrogen-bond donors (Lipinski definition) is 3. The minimum atomic E-state index is -1.37. The monoisotopic (exact) mass is 462 g/mol. The molecule has 2 fully saturated rings. The number of carbonyl (C=O) groups excluding carboxylic acids is 2. The second kappa shape index (κ2) is 8.56. The van der Waals surface area contributed by atoms with Crippen LogP contribution in [0.2, 0.25) is 0 Å². The van der Waals surface area contributed by atoms with Gasteiger partial charge in [0.15, 0.2) is 11.3 Å². The molecular formula is C20H22N4O5S2. The number of aliphatic hydroxyl groups is 1. The van der Waals surface area contributed by atoms with Gasteiger partial charge in [0.2, 0.25) is 5.91 Å². The Kier molecular flexibility index (Phi) is 6.00. The van der Waals surface area contributed by atoms with Gasteiger partial charge in [0, 0.05) is 37.5 Å². The molecule has 2 aliphatic heterocycles. The zero-order valence-electron chi connectivity index (χ0n) is 16.7. The van der Waals surface area contributed by atoms with Gasteiger partial charge in [0.05, 0.1) is 0 Å². The van der Waals surface area contributed by atoms with Crippen LogP contribution in [-0.2, 0) is 21.4 Å². The third kappa shape index (κ3) is 4.04. The normalized spacial score (nSPS) is 26.0. The minimum absolute atomic E-state index is 0.0733. The van der Waals surface area contributed by atoms with E-state index < -0.39 is 29.4 Å². The summed E-state index contributed by atoms with van der Waals surface area (Å²) >= 11 is 2.68. The van der Waals surface area contributed by atoms with Crippen molar-refractivity contribution < 1.29 is 24.6 Å². The van der Waals surface area contributed by atoms with Gasteiger partial charge in [-0.3, -0.25) is 14.4 Å². The molecule has 9 nitrogen and oxygen atoms in total. The number of fused-ring (bicyclic) bond motifs is 1. The number of carboxylic acid groups (broad SMARTS) is 1. The number of aromatic nitrogens is 2. The predicted octanol–water partition coefficient (Wildman–Crippen LogP) is 0.717. The highest BCUT2D eigenvalue weighted by Gasteiger charge is 2.57. The maximum absolute atomic E-state index is 12.7. The summed E-state index contributed by atoms with van der Waals surface area (Å²) in [6, 6.07) is 7.70. The lowest BCUT2D eigenvalue weighted by molar-refractivity contribution is -0.158. The SMILES string of the molecule is Cn1ccnc1SCC1(C(=O)O)CS[C@@H]2C(NC(=O)C(O)c3ccccc3)C(=O)N2C1. The number of carbonyl (C=O) groups is 3. The first kappa shape index (κ1) is 21.7. The molecule has 0 saturated carbocycles. The highest BCUT2D eigenvalue weighted by Crippen LogP contribution is 2.44. The zero-order chi connectivity index (χ0) is 22.2. The van der Waals surface area contributed by atoms with Crippen LogP contribution in [-0.4, -0.2) is 71.9 Å². The van der Waals surface area contributed by atoms with Crippen molar-refractivity contribution in [3.05, 3.63) is 48.3 Å². The Hall–Kier alpha value is -2.50. The molecule has 164 valence electrons. The number of nitrogens with one attached hydrogen (secondary N) is 1. The Labute approximate surface area is 187 Å². The summed E-state index contributed by atoms with van der Waals surface area (Å²) in [7, 11) is 1.84. The average molecular weight is 463 g/mol. The van der Waals surface area contributed by atoms with E-state index in [4.69, 9.17) is 0 Å². The third-order valence-corrected chi connectivity index (χ3v) is 8.45. The third-order valence-electron chi connectivity index (χ3n) is 5.51. The van der Waals surface area contributed by atoms with Crippen LogP contribution in [0.4, 0.5) is 0 Å². The fourth-order valence-corrected chi connectivity index (χ4v) is 6.41. The topological polar surface area (TPSA) is 125 Å². The smallest absolute Gasteiger partial charge is 0.313 e. The molecule has 2 aliphatic rings. The number of benzene rings is 1. The van der Waals surface area contributed by atoms with Crippen LogP contribution in [0.5, 0.6) is 0 Å². The van der Waals surface area contributed by atoms with E-state index in [1.165, 1.54) is 28.4 Å². The number of imidazole rings is 1. The van der Waals surface area contributed by atoms with Gasteiger partial charge in [0.1, 0.15) is 16.8 Å². The molecule has 3 N–H and O–H groups in total. The van der Waals surface area contributed by atoms with Crippen LogP contribution in [0.25, 0.3) is 0 Å². The van der Waals surface area contributed by atoms with Gasteiger partial charge in [-0.05, 0) is 5.56 Å². The number of β-lactam (4-membered cyclic amide) rings is 1. The van der Waals surface area contributed by atoms with E-state index in [1.807, 2.05) is 11.6 Å². The van der Waals surface area contributed by atoms with Crippen LogP contribution < -0.4 is 5.32 Å². The lowest BCUT2D eigenvalue weighted by Gasteiger charge is -2.53. The lowest BCUT2D eigenvalue weighted by atomic mass is 9.89. The molecule has 1 aromatic heterocycles. The zero-order valence-corrected chi connectivity index (χ0v) is 18.3. The van der Waals surface area contributed by atoms with Crippen LogP contribution in [0.1, 0.15) is 11.7 Å². The second-order valence-corrected chi connectivity index (χ2v) is 9.71. The van der Waals surface area contributed by atoms with Gasteiger partial charge in [-0.15, -0.1) is 11.8 Å². The van der Waals surface area contributed by atoms with Crippen molar-refractivity contribution in [2.45, 2.75) is 22.7 Å². The number of aliphatic hydroxyl groups excluding tert-OH is 1. The number of aryl methyl sites for hydroxylation is 1. The summed E-state index contributed by atoms with van der Waals surface area (Å²) in [5, 5.41) is 23.1. The van der Waals surface area contributed by atoms with E-state index in [-0.39, 0.29) is 23.6 Å². The number of thioether (sulfide) groups is 2. The van der Waals surface area contributed by atoms with Crippen molar-refractivity contribution >= 4 is 41.3 Å². The molecule has 3 heterocycles. The van der Waals surface area contributed by atoms with Crippen LogP contribution in [0.15, 0.2) is 47.9 Å². The molecule has 4 atom stereocenters. The highest BCUT2D eigenvalue weighted by atomic mass is 32.2. The maximum Gasteiger partial charge on any atom is 0.313 e. The first-order valence-electron chi connectivity index (χ1n) is 9.61. The second-order valence-electron chi connectivity index (χ2n) is 7.66. The Bertz CT molecular complexity index is 1000. The number of rotatable bonds is 7. The average Bonchev–Trinajstić information content (AvgIpc) is 3.20. The fraction of sp³-hybridized carbons (Fsp3) is 0.400. The first-order chi connectivity index (χ1) is 14.8. The summed E-state index contributed by atoms with van der Waals surface area (Å²) < 4.78 is 1.82. The molecule has 3 unspecified atom stereocenters. The molecule has 0 radical (unpaired) electrons. The summed E-state index contributed by atoms with van der Waals surface area (Å²) in [6.45, 7) is 0.0733. The lowest BCUT2D eigenvalue weighted by Crippen LogP contribution is -2.74. The molecule has 0 aliphatic carbocycles. The van der Waals surface area contributed by atoms with E-state index in [0.717, 1.165) is 0 Å². The Morgan fingerprint density at radius 3 is 2.77 bits per heavy atom. The summed E-state index contributed by atoms with van der Waals surface area (Å²) in [4.78, 5) is 42.9. The standard InChI is InChI=1S/C20H22N4O5S2/c1-23-8-7-21-19(23)31-11-20(18(28)29)9-24-16(27)13(17(24)30-10-20)22-15(26)14(25)12-5-3-2-4-6-12/h2-8,13-14,17,25H,9-11H2,1H3,(H,22,26)(H,28,29)/t13?,14?,17-,20?/m1/s1. The minimum Gasteiger partial charge on any atom is -0.481 e. The Morgan fingerprint density at radius 1 is 1.39 bits per heavy atom. The van der Waals surface area contributed by atoms with E-state index in [0.29, 0.717) is 16.5 Å². The number of aliphatic carboxylic acids is 1. The largest absolute Gasteiger partial charge is 0.481 e. The van der Waals surface area contributed by atoms with Crippen molar-refractivity contribution in [3.63, 3.8) is 0 Å². The Morgan fingerprint density at radius 2 is 2.13 bits per heavy atom. The Balaban J connectivity index is 1.39. The van der Waals surface area contributed by atoms with Gasteiger partial charge >= 0.3 is 5.97 Å².